The first-order valence-electron chi connectivity index (χ1n) is 67.8. The summed E-state index contributed by atoms with van der Waals surface area (Å²) in [5.74, 6) is 0. The van der Waals surface area contributed by atoms with Crippen molar-refractivity contribution in [2.75, 3.05) is 4.90 Å². The van der Waals surface area contributed by atoms with Gasteiger partial charge >= 0.3 is 0 Å². The lowest BCUT2D eigenvalue weighted by Gasteiger charge is -2.26. The van der Waals surface area contributed by atoms with Gasteiger partial charge in [-0.05, 0) is 250 Å². The van der Waals surface area contributed by atoms with Crippen LogP contribution in [0.15, 0.2) is 484 Å². The maximum atomic E-state index is 9.87. The van der Waals surface area contributed by atoms with Gasteiger partial charge in [-0.25, -0.2) is 0 Å². The third-order valence-electron chi connectivity index (χ3n) is 26.8. The van der Waals surface area contributed by atoms with Gasteiger partial charge in [0.1, 0.15) is 0 Å². The maximum Gasteiger partial charge on any atom is 0.0648 e. The number of para-hydroxylation sites is 14. The Kier molecular flexibility index (Phi) is 10.5. The van der Waals surface area contributed by atoms with Crippen molar-refractivity contribution in [2.45, 2.75) is 38.2 Å². The van der Waals surface area contributed by atoms with Crippen molar-refractivity contribution in [3.63, 3.8) is 0 Å². The molecule has 8 heteroatoms. The van der Waals surface area contributed by atoms with Gasteiger partial charge < -0.3 is 36.9 Å². The Hall–Kier alpha value is -18.0. The van der Waals surface area contributed by atoms with Crippen molar-refractivity contribution in [1.82, 2.24) is 32.0 Å². The van der Waals surface area contributed by atoms with Crippen molar-refractivity contribution < 1.29 is 63.1 Å². The predicted molar refractivity (Wildman–Crippen MR) is 590 cm³/mol. The van der Waals surface area contributed by atoms with Crippen molar-refractivity contribution in [3.05, 3.63) is 507 Å². The normalized spacial score (nSPS) is 18.0. The van der Waals surface area contributed by atoms with E-state index in [1.165, 1.54) is 0 Å². The van der Waals surface area contributed by atoms with Crippen LogP contribution in [0.25, 0.3) is 215 Å². The molecule has 2 aliphatic rings. The number of benzene rings is 21. The Bertz CT molecular complexity index is 11400. The molecule has 0 atom stereocenters. The Balaban J connectivity index is 0.000000127. The van der Waals surface area contributed by atoms with Gasteiger partial charge in [-0.2, -0.15) is 0 Å². The number of rotatable bonds is 10. The molecule has 21 aromatic carbocycles. The lowest BCUT2D eigenvalue weighted by Crippen LogP contribution is -2.16. The van der Waals surface area contributed by atoms with E-state index in [9.17, 15) is 16.4 Å². The summed E-state index contributed by atoms with van der Waals surface area (Å²) in [6, 6.07) is 66.1. The first kappa shape index (κ1) is 47.0. The molecule has 0 saturated heterocycles. The van der Waals surface area contributed by atoms with Crippen LogP contribution >= 0.6 is 0 Å². The molecule has 7 heterocycles. The molecule has 30 rings (SSSR count). The molecule has 0 amide bonds. The molecule has 0 spiro atoms. The lowest BCUT2D eigenvalue weighted by atomic mass is 9.82. The topological polar surface area (TPSA) is 37.8 Å². The van der Waals surface area contributed by atoms with Crippen LogP contribution in [0.5, 0.6) is 0 Å². The van der Waals surface area contributed by atoms with E-state index in [4.69, 9.17) is 46.6 Å². The average molecular weight is 1840 g/mol. The number of nitrogens with zero attached hydrogens (tertiary/aromatic N) is 8. The van der Waals surface area contributed by atoms with E-state index >= 15 is 0 Å². The third-order valence-corrected chi connectivity index (χ3v) is 26.8. The molecule has 0 N–H and O–H groups in total. The van der Waals surface area contributed by atoms with Gasteiger partial charge in [0.25, 0.3) is 0 Å². The smallest absolute Gasteiger partial charge is 0.0648 e. The summed E-state index contributed by atoms with van der Waals surface area (Å²) in [5.41, 5.74) is -4.42. The summed E-state index contributed by atoms with van der Waals surface area (Å²) >= 11 is 0. The molecule has 0 bridgehead atoms. The molecule has 0 saturated carbocycles. The molecule has 28 aromatic rings. The molecule has 660 valence electrons. The number of aromatic nitrogens is 7. The van der Waals surface area contributed by atoms with Crippen molar-refractivity contribution in [3.8, 4) is 62.1 Å². The van der Waals surface area contributed by atoms with Gasteiger partial charge in [0.15, 0.2) is 0 Å². The maximum absolute atomic E-state index is 9.87. The summed E-state index contributed by atoms with van der Waals surface area (Å²) in [6.45, 7) is -14.9. The highest BCUT2D eigenvalue weighted by Crippen LogP contribution is 2.54. The number of fused-ring (bicyclic) bond motifs is 27. The lowest BCUT2D eigenvalue weighted by molar-refractivity contribution is 0.659. The molecule has 2 aliphatic carbocycles. The largest absolute Gasteiger partial charge is 0.310 e. The van der Waals surface area contributed by atoms with Crippen molar-refractivity contribution in [1.29, 1.82) is 0 Å². The van der Waals surface area contributed by atoms with Crippen LogP contribution in [0, 0.1) is 0 Å². The standard InChI is InChI=1S/C54H36N4.2C39H28N2/c1-7-19-49-43(13-1)44-14-2-8-20-50(44)56(49)40-31-25-37(26-32-40)55(38-27-33-41(34-28-38)57-51-21-9-3-15-45(51)46-16-4-10-22-52(46)57)39-29-35-42(36-30-39)58-53-23-11-5-17-47(53)48-18-6-12-24-54(48)58;2*1-39(2)33-23-25(40-35-15-7-3-11-29(35)30-12-4-8-16-36(30)40)19-21-27(33)28-22-20-26(24-34(28)39)41-37-17-9-5-13-31(37)32-14-6-10-18-38(32)41/h1-36H;2*3-24H,1-2H3/i1D,2D,3D,4D,5D,6D;1D3,2D3,3D,4D,5D,6D,7D,8D,9D,10D,11D,12D,13D,14D,15D,16D,17D,18D,19D,20D,21D,22D,23D,24D;1D3,2D3,19D,20D,21D,22D,23D,24D. The quantitative estimate of drug-likeness (QED) is 0.134. The second kappa shape index (κ2) is 31.3. The van der Waals surface area contributed by atoms with Gasteiger partial charge in [0, 0.05) is 160 Å². The Morgan fingerprint density at radius 3 is 0.593 bits per heavy atom. The highest BCUT2D eigenvalue weighted by atomic mass is 15.1. The van der Waals surface area contributed by atoms with Crippen LogP contribution in [-0.4, -0.2) is 32.0 Å². The van der Waals surface area contributed by atoms with E-state index in [1.807, 2.05) is 121 Å². The zero-order valence-electron chi connectivity index (χ0n) is 119. The number of hydrogen-bond acceptors (Lipinski definition) is 1. The van der Waals surface area contributed by atoms with Crippen molar-refractivity contribution in [2.24, 2.45) is 0 Å². The summed E-state index contributed by atoms with van der Waals surface area (Å²) in [4.78, 5) is 2.23. The van der Waals surface area contributed by atoms with E-state index in [0.29, 0.717) is 67.5 Å². The van der Waals surface area contributed by atoms with Crippen LogP contribution in [-0.2, 0) is 10.8 Å². The highest BCUT2D eigenvalue weighted by molar-refractivity contribution is 6.16. The van der Waals surface area contributed by atoms with E-state index in [1.54, 1.807) is 94.1 Å². The van der Waals surface area contributed by atoms with Crippen LogP contribution < -0.4 is 4.90 Å². The zero-order valence-corrected chi connectivity index (χ0v) is 73.1. The van der Waals surface area contributed by atoms with Gasteiger partial charge in [0.2, 0.25) is 0 Å². The summed E-state index contributed by atoms with van der Waals surface area (Å²) in [7, 11) is 0. The molecule has 7 aromatic heterocycles. The Labute approximate surface area is 873 Å². The molecular formula is C132H92N8. The van der Waals surface area contributed by atoms with E-state index in [2.05, 4.69) is 91.4 Å². The molecular weight excluding hydrogens is 1700 g/mol. The number of hydrogen-bond donors (Lipinski definition) is 0. The van der Waals surface area contributed by atoms with Gasteiger partial charge in [-0.15, -0.1) is 0 Å². The molecule has 0 fully saturated rings. The monoisotopic (exact) mass is 1840 g/mol. The van der Waals surface area contributed by atoms with Crippen LogP contribution in [0.2, 0.25) is 0 Å². The minimum Gasteiger partial charge on any atom is -0.310 e. The SMILES string of the molecule is [2H]c1c([2H])c(-n2c3c([2H])c([2H])c([2H])c([2H])c3c3c([2H])c([2H])c([2H])c([2H])c32)c([2H])c2c1-c1c([2H])c([2H])c(-n3c4c([2H])c([2H])c([2H])c([2H])c4c4c([2H])c([2H])c([2H])c([2H])c43)c([2H])c1C2(C([2H])([2H])[2H])C([2H])([2H])[2H].[2H]c1c([2H])c(-n2c3ccccc3c3ccccc32)c([2H])c2c1-c1c([2H])c([2H])c(-n3c4ccccc4c4ccccc43)c([2H])c1C2(C([2H])([2H])[2H])C([2H])([2H])[2H].[2H]c1ccc2c(c1)c1cc([2H])ccc1n2-c1ccc(N(c2ccc(-n3c4ccc([2H])cc4c4cc([2H])ccc43)cc2)c2ccc(-n3c4ccc([2H])cc4c4cc([2H])ccc43)cc2)cc1. The first-order chi connectivity index (χ1) is 88.1. The van der Waals surface area contributed by atoms with Crippen LogP contribution in [0.3, 0.4) is 0 Å². The fourth-order valence-electron chi connectivity index (χ4n) is 20.7. The molecule has 8 nitrogen and oxygen atoms in total. The zero-order chi connectivity index (χ0) is 132. The number of anilines is 3. The van der Waals surface area contributed by atoms with Crippen LogP contribution in [0.1, 0.15) is 113 Å². The fourth-order valence-corrected chi connectivity index (χ4v) is 20.7. The van der Waals surface area contributed by atoms with Gasteiger partial charge in [-0.3, -0.25) is 0 Å². The Morgan fingerprint density at radius 1 is 0.171 bits per heavy atom. The summed E-state index contributed by atoms with van der Waals surface area (Å²) in [5, 5.41) is 6.50. The third kappa shape index (κ3) is 12.2. The summed E-state index contributed by atoms with van der Waals surface area (Å²) < 4.78 is 423. The minimum absolute atomic E-state index is 0.191. The van der Waals surface area contributed by atoms with Crippen molar-refractivity contribution >= 4 is 170 Å². The molecule has 140 heavy (non-hydrogen) atoms. The van der Waals surface area contributed by atoms with E-state index in [0.717, 1.165) is 121 Å². The second-order valence-electron chi connectivity index (χ2n) is 34.2. The fraction of sp³-hybridized carbons (Fsp3) is 0.0455. The van der Waals surface area contributed by atoms with E-state index in [-0.39, 0.29) is 11.4 Å². The van der Waals surface area contributed by atoms with Gasteiger partial charge in [-0.1, -0.05) is 306 Å². The van der Waals surface area contributed by atoms with Gasteiger partial charge in [0.05, 0.1) is 124 Å². The highest BCUT2D eigenvalue weighted by Gasteiger charge is 2.39. The Morgan fingerprint density at radius 2 is 0.364 bits per heavy atom. The summed E-state index contributed by atoms with van der Waals surface area (Å²) in [6.07, 6.45) is 0. The average Bonchev–Trinajstić information content (AvgIpc) is 1.49. The van der Waals surface area contributed by atoms with E-state index < -0.39 is 307 Å². The molecule has 0 unspecified atom stereocenters. The van der Waals surface area contributed by atoms with Crippen LogP contribution in [0.4, 0.5) is 17.1 Å². The molecule has 0 radical (unpaired) electrons. The first-order valence-corrected chi connectivity index (χ1v) is 44.8. The minimum atomic E-state index is -4.01. The second-order valence-corrected chi connectivity index (χ2v) is 34.2. The predicted octanol–water partition coefficient (Wildman–Crippen LogP) is 34.8. The molecule has 0 aliphatic heterocycles.